The number of rotatable bonds is 8. The van der Waals surface area contributed by atoms with Crippen molar-refractivity contribution in [1.82, 2.24) is 25.6 Å². The monoisotopic (exact) mass is 518 g/mol. The van der Waals surface area contributed by atoms with E-state index >= 15 is 0 Å². The van der Waals surface area contributed by atoms with Crippen LogP contribution in [0.3, 0.4) is 0 Å². The molecule has 0 spiro atoms. The molecule has 1 unspecified atom stereocenters. The van der Waals surface area contributed by atoms with Crippen LogP contribution in [-0.2, 0) is 21.4 Å². The summed E-state index contributed by atoms with van der Waals surface area (Å²) in [7, 11) is 1.57. The van der Waals surface area contributed by atoms with Gasteiger partial charge >= 0.3 is 0 Å². The fourth-order valence-corrected chi connectivity index (χ4v) is 5.33. The van der Waals surface area contributed by atoms with Crippen LogP contribution in [0.5, 0.6) is 0 Å². The molecule has 2 N–H and O–H groups in total. The van der Waals surface area contributed by atoms with Crippen LogP contribution in [0, 0.1) is 11.3 Å². The Morgan fingerprint density at radius 2 is 1.62 bits per heavy atom. The van der Waals surface area contributed by atoms with Gasteiger partial charge < -0.3 is 10.6 Å². The van der Waals surface area contributed by atoms with Crippen molar-refractivity contribution in [2.75, 3.05) is 7.05 Å². The highest BCUT2D eigenvalue weighted by Gasteiger charge is 2.43. The summed E-state index contributed by atoms with van der Waals surface area (Å²) in [5.74, 6) is -0.392. The van der Waals surface area contributed by atoms with E-state index in [1.165, 1.54) is 0 Å². The van der Waals surface area contributed by atoms with Crippen LogP contribution in [0.1, 0.15) is 42.5 Å². The Bertz CT molecular complexity index is 1480. The molecule has 8 nitrogen and oxygen atoms in total. The van der Waals surface area contributed by atoms with E-state index in [1.54, 1.807) is 30.1 Å². The van der Waals surface area contributed by atoms with Gasteiger partial charge in [0.2, 0.25) is 11.8 Å². The lowest BCUT2D eigenvalue weighted by Crippen LogP contribution is -2.53. The summed E-state index contributed by atoms with van der Waals surface area (Å²) < 4.78 is 1.66. The van der Waals surface area contributed by atoms with Crippen molar-refractivity contribution in [2.45, 2.75) is 43.6 Å². The topological polar surface area (TPSA) is 113 Å². The maximum Gasteiger partial charge on any atom is 0.242 e. The molecule has 3 aromatic carbocycles. The number of carbonyl (C=O) groups excluding carboxylic acids is 2. The van der Waals surface area contributed by atoms with Gasteiger partial charge in [-0.3, -0.25) is 9.59 Å². The number of carbonyl (C=O) groups is 2. The standard InChI is InChI=1S/C31H30N6O2/c1-33-29(38)28(34-30(39)31(17-5-6-18-31)25-7-3-2-4-8-25)19-26-21-37(36-35-26)27-15-13-24(14-16-27)23-11-9-22(20-32)10-12-23/h2-4,7-16,21,28H,5-6,17-19H2,1H3,(H,33,38)(H,34,39). The van der Waals surface area contributed by atoms with E-state index in [9.17, 15) is 9.59 Å². The average Bonchev–Trinajstić information content (AvgIpc) is 3.68. The fraction of sp³-hybridized carbons (Fsp3) is 0.258. The van der Waals surface area contributed by atoms with Crippen LogP contribution in [-0.4, -0.2) is 39.9 Å². The molecule has 1 aliphatic rings. The molecule has 0 saturated heterocycles. The number of benzene rings is 3. The maximum absolute atomic E-state index is 13.7. The summed E-state index contributed by atoms with van der Waals surface area (Å²) in [6.45, 7) is 0. The van der Waals surface area contributed by atoms with E-state index in [-0.39, 0.29) is 18.2 Å². The zero-order valence-electron chi connectivity index (χ0n) is 21.8. The summed E-state index contributed by atoms with van der Waals surface area (Å²) in [5.41, 5.74) is 4.44. The molecule has 1 aromatic heterocycles. The van der Waals surface area contributed by atoms with Gasteiger partial charge in [-0.1, -0.05) is 72.7 Å². The molecule has 196 valence electrons. The Morgan fingerprint density at radius 3 is 2.23 bits per heavy atom. The van der Waals surface area contributed by atoms with Crippen molar-refractivity contribution in [1.29, 1.82) is 5.26 Å². The van der Waals surface area contributed by atoms with Gasteiger partial charge in [0.25, 0.3) is 0 Å². The predicted octanol–water partition coefficient (Wildman–Crippen LogP) is 4.09. The van der Waals surface area contributed by atoms with Gasteiger partial charge in [-0.25, -0.2) is 4.68 Å². The molecule has 0 radical (unpaired) electrons. The first-order valence-corrected chi connectivity index (χ1v) is 13.1. The van der Waals surface area contributed by atoms with Crippen LogP contribution in [0.25, 0.3) is 16.8 Å². The molecule has 1 aliphatic carbocycles. The summed E-state index contributed by atoms with van der Waals surface area (Å²) >= 11 is 0. The van der Waals surface area contributed by atoms with E-state index in [0.717, 1.165) is 48.1 Å². The second kappa shape index (κ2) is 11.3. The van der Waals surface area contributed by atoms with Crippen molar-refractivity contribution in [3.05, 3.63) is 102 Å². The molecule has 5 rings (SSSR count). The largest absolute Gasteiger partial charge is 0.357 e. The molecule has 2 amide bonds. The molecule has 0 bridgehead atoms. The molecule has 0 aliphatic heterocycles. The van der Waals surface area contributed by atoms with E-state index in [4.69, 9.17) is 5.26 Å². The van der Waals surface area contributed by atoms with Gasteiger partial charge in [-0.2, -0.15) is 5.26 Å². The third-order valence-electron chi connectivity index (χ3n) is 7.52. The van der Waals surface area contributed by atoms with Crippen molar-refractivity contribution in [2.24, 2.45) is 0 Å². The van der Waals surface area contributed by atoms with Gasteiger partial charge in [0.1, 0.15) is 6.04 Å². The first kappa shape index (κ1) is 25.9. The van der Waals surface area contributed by atoms with Gasteiger partial charge in [-0.15, -0.1) is 5.10 Å². The van der Waals surface area contributed by atoms with E-state index < -0.39 is 11.5 Å². The van der Waals surface area contributed by atoms with Crippen LogP contribution in [0.4, 0.5) is 0 Å². The first-order chi connectivity index (χ1) is 19.0. The lowest BCUT2D eigenvalue weighted by molar-refractivity contribution is -0.132. The summed E-state index contributed by atoms with van der Waals surface area (Å²) in [5, 5.41) is 23.2. The summed E-state index contributed by atoms with van der Waals surface area (Å²) in [4.78, 5) is 26.5. The average molecular weight is 519 g/mol. The number of aromatic nitrogens is 3. The molecule has 1 atom stereocenters. The third-order valence-corrected chi connectivity index (χ3v) is 7.52. The zero-order valence-corrected chi connectivity index (χ0v) is 21.8. The Balaban J connectivity index is 1.31. The molecular weight excluding hydrogens is 488 g/mol. The Labute approximate surface area is 227 Å². The van der Waals surface area contributed by atoms with Crippen molar-refractivity contribution >= 4 is 11.8 Å². The number of hydrogen-bond donors (Lipinski definition) is 2. The molecule has 4 aromatic rings. The molecular formula is C31H30N6O2. The van der Waals surface area contributed by atoms with Gasteiger partial charge in [0.05, 0.1) is 34.6 Å². The van der Waals surface area contributed by atoms with E-state index in [2.05, 4.69) is 27.0 Å². The van der Waals surface area contributed by atoms with Crippen molar-refractivity contribution < 1.29 is 9.59 Å². The van der Waals surface area contributed by atoms with E-state index in [0.29, 0.717) is 11.3 Å². The highest BCUT2D eigenvalue weighted by atomic mass is 16.2. The maximum atomic E-state index is 13.7. The van der Waals surface area contributed by atoms with Crippen molar-refractivity contribution in [3.8, 4) is 22.9 Å². The SMILES string of the molecule is CNC(=O)C(Cc1cn(-c2ccc(-c3ccc(C#N)cc3)cc2)nn1)NC(=O)C1(c2ccccc2)CCCC1. The number of nitrogens with one attached hydrogen (secondary N) is 2. The van der Waals surface area contributed by atoms with Crippen LogP contribution < -0.4 is 10.6 Å². The molecule has 1 fully saturated rings. The van der Waals surface area contributed by atoms with Gasteiger partial charge in [0.15, 0.2) is 0 Å². The normalized spacial score (nSPS) is 14.8. The lowest BCUT2D eigenvalue weighted by Gasteiger charge is -2.30. The van der Waals surface area contributed by atoms with Gasteiger partial charge in [-0.05, 0) is 53.8 Å². The van der Waals surface area contributed by atoms with Crippen molar-refractivity contribution in [3.63, 3.8) is 0 Å². The molecule has 1 heterocycles. The zero-order chi connectivity index (χ0) is 27.2. The van der Waals surface area contributed by atoms with E-state index in [1.807, 2.05) is 66.7 Å². The van der Waals surface area contributed by atoms with Gasteiger partial charge in [0, 0.05) is 13.5 Å². The Hall–Kier alpha value is -4.77. The minimum absolute atomic E-state index is 0.120. The third kappa shape index (κ3) is 5.43. The molecule has 39 heavy (non-hydrogen) atoms. The number of likely N-dealkylation sites (N-methyl/N-ethyl adjacent to an activating group) is 1. The highest BCUT2D eigenvalue weighted by molar-refractivity contribution is 5.93. The van der Waals surface area contributed by atoms with Crippen LogP contribution in [0.15, 0.2) is 85.1 Å². The lowest BCUT2D eigenvalue weighted by atomic mass is 9.77. The number of amides is 2. The summed E-state index contributed by atoms with van der Waals surface area (Å²) in [6, 6.07) is 26.5. The number of nitriles is 1. The minimum atomic E-state index is -0.771. The second-order valence-corrected chi connectivity index (χ2v) is 9.89. The van der Waals surface area contributed by atoms with Crippen LogP contribution >= 0.6 is 0 Å². The quantitative estimate of drug-likeness (QED) is 0.365. The number of nitrogens with zero attached hydrogens (tertiary/aromatic N) is 4. The summed E-state index contributed by atoms with van der Waals surface area (Å²) in [6.07, 6.45) is 5.48. The fourth-order valence-electron chi connectivity index (χ4n) is 5.33. The first-order valence-electron chi connectivity index (χ1n) is 13.1. The highest BCUT2D eigenvalue weighted by Crippen LogP contribution is 2.41. The van der Waals surface area contributed by atoms with Crippen LogP contribution in [0.2, 0.25) is 0 Å². The Morgan fingerprint density at radius 1 is 0.974 bits per heavy atom. The molecule has 1 saturated carbocycles. The molecule has 8 heteroatoms. The predicted molar refractivity (Wildman–Crippen MR) is 148 cm³/mol. The Kier molecular flexibility index (Phi) is 7.50. The number of hydrogen-bond acceptors (Lipinski definition) is 5. The minimum Gasteiger partial charge on any atom is -0.357 e. The smallest absolute Gasteiger partial charge is 0.242 e. The second-order valence-electron chi connectivity index (χ2n) is 9.89.